The zero-order valence-electron chi connectivity index (χ0n) is 14.1. The maximum absolute atomic E-state index is 12.4. The Hall–Kier alpha value is -3.93. The lowest BCUT2D eigenvalue weighted by molar-refractivity contribution is 0.0696. The molecule has 0 saturated carbocycles. The molecule has 1 heterocycles. The summed E-state index contributed by atoms with van der Waals surface area (Å²) in [5.74, 6) is -1.34. The van der Waals surface area contributed by atoms with E-state index >= 15 is 0 Å². The third-order valence-corrected chi connectivity index (χ3v) is 4.26. The van der Waals surface area contributed by atoms with Crippen LogP contribution >= 0.6 is 0 Å². The zero-order valence-corrected chi connectivity index (χ0v) is 14.1. The molecular weight excluding hydrogens is 342 g/mol. The number of benzene rings is 3. The maximum Gasteiger partial charge on any atom is 0.335 e. The molecule has 132 valence electrons. The average molecular weight is 357 g/mol. The molecule has 0 fully saturated rings. The minimum atomic E-state index is -1.03. The van der Waals surface area contributed by atoms with Crippen LogP contribution in [-0.2, 0) is 0 Å². The minimum absolute atomic E-state index is 0.138. The van der Waals surface area contributed by atoms with E-state index in [9.17, 15) is 9.59 Å². The highest BCUT2D eigenvalue weighted by Crippen LogP contribution is 2.28. The lowest BCUT2D eigenvalue weighted by Crippen LogP contribution is -2.12. The summed E-state index contributed by atoms with van der Waals surface area (Å²) in [5.41, 5.74) is 3.82. The van der Waals surface area contributed by atoms with Gasteiger partial charge in [0.05, 0.1) is 16.8 Å². The van der Waals surface area contributed by atoms with Gasteiger partial charge < -0.3 is 10.4 Å². The van der Waals surface area contributed by atoms with Crippen molar-refractivity contribution in [1.29, 1.82) is 0 Å². The van der Waals surface area contributed by atoms with Crippen molar-refractivity contribution in [3.05, 3.63) is 83.9 Å². The van der Waals surface area contributed by atoms with E-state index in [1.54, 1.807) is 6.07 Å². The molecule has 6 heteroatoms. The minimum Gasteiger partial charge on any atom is -0.478 e. The van der Waals surface area contributed by atoms with Crippen LogP contribution in [0.4, 0.5) is 5.69 Å². The molecule has 4 aromatic rings. The highest BCUT2D eigenvalue weighted by molar-refractivity contribution is 6.06. The van der Waals surface area contributed by atoms with Gasteiger partial charge in [-0.2, -0.15) is 5.10 Å². The molecule has 0 atom stereocenters. The Balaban J connectivity index is 1.62. The van der Waals surface area contributed by atoms with Crippen LogP contribution in [0.1, 0.15) is 20.7 Å². The van der Waals surface area contributed by atoms with E-state index in [4.69, 9.17) is 5.11 Å². The van der Waals surface area contributed by atoms with Gasteiger partial charge in [-0.05, 0) is 42.5 Å². The lowest BCUT2D eigenvalue weighted by Gasteiger charge is -2.06. The number of H-pyrrole nitrogens is 1. The first-order valence-electron chi connectivity index (χ1n) is 8.30. The summed E-state index contributed by atoms with van der Waals surface area (Å²) < 4.78 is 0. The molecule has 4 rings (SSSR count). The van der Waals surface area contributed by atoms with Gasteiger partial charge in [-0.15, -0.1) is 0 Å². The number of rotatable bonds is 4. The van der Waals surface area contributed by atoms with Gasteiger partial charge in [0.1, 0.15) is 0 Å². The zero-order chi connectivity index (χ0) is 18.8. The molecule has 6 nitrogen and oxygen atoms in total. The van der Waals surface area contributed by atoms with Crippen molar-refractivity contribution >= 4 is 28.5 Å². The number of nitrogens with one attached hydrogen (secondary N) is 2. The van der Waals surface area contributed by atoms with Crippen molar-refractivity contribution < 1.29 is 14.7 Å². The molecule has 27 heavy (non-hydrogen) atoms. The molecule has 1 aromatic heterocycles. The van der Waals surface area contributed by atoms with E-state index in [2.05, 4.69) is 15.5 Å². The molecule has 3 N–H and O–H groups in total. The van der Waals surface area contributed by atoms with Crippen molar-refractivity contribution in [2.45, 2.75) is 0 Å². The SMILES string of the molecule is O=C(O)c1ccc(C(=O)Nc2ccc3[nH]nc(-c4ccccc4)c3c2)cc1. The van der Waals surface area contributed by atoms with Crippen LogP contribution in [0, 0.1) is 0 Å². The van der Waals surface area contributed by atoms with Crippen LogP contribution in [0.5, 0.6) is 0 Å². The fourth-order valence-electron chi connectivity index (χ4n) is 2.88. The lowest BCUT2D eigenvalue weighted by atomic mass is 10.1. The second-order valence-corrected chi connectivity index (χ2v) is 6.04. The van der Waals surface area contributed by atoms with Gasteiger partial charge in [0.25, 0.3) is 5.91 Å². The number of carboxylic acid groups (broad SMARTS) is 1. The van der Waals surface area contributed by atoms with Gasteiger partial charge in [-0.3, -0.25) is 9.89 Å². The molecule has 0 aliphatic carbocycles. The predicted octanol–water partition coefficient (Wildman–Crippen LogP) is 4.18. The van der Waals surface area contributed by atoms with E-state index in [1.807, 2.05) is 42.5 Å². The first-order valence-corrected chi connectivity index (χ1v) is 8.30. The second kappa shape index (κ2) is 6.76. The topological polar surface area (TPSA) is 95.1 Å². The van der Waals surface area contributed by atoms with Gasteiger partial charge in [-0.1, -0.05) is 30.3 Å². The van der Waals surface area contributed by atoms with Gasteiger partial charge in [-0.25, -0.2) is 4.79 Å². The third kappa shape index (κ3) is 3.28. The molecule has 3 aromatic carbocycles. The van der Waals surface area contributed by atoms with E-state index in [0.717, 1.165) is 22.2 Å². The number of carbonyl (C=O) groups excluding carboxylic acids is 1. The summed E-state index contributed by atoms with van der Waals surface area (Å²) in [6.45, 7) is 0. The number of aromatic nitrogens is 2. The van der Waals surface area contributed by atoms with Crippen molar-refractivity contribution in [2.24, 2.45) is 0 Å². The monoisotopic (exact) mass is 357 g/mol. The molecule has 0 unspecified atom stereocenters. The highest BCUT2D eigenvalue weighted by atomic mass is 16.4. The standard InChI is InChI=1S/C21H15N3O3/c25-20(14-6-8-15(9-7-14)21(26)27)22-16-10-11-18-17(12-16)19(24-23-18)13-4-2-1-3-5-13/h1-12H,(H,22,25)(H,23,24)(H,26,27). The number of carboxylic acids is 1. The van der Waals surface area contributed by atoms with Gasteiger partial charge in [0, 0.05) is 22.2 Å². The summed E-state index contributed by atoms with van der Waals surface area (Å²) in [6.07, 6.45) is 0. The smallest absolute Gasteiger partial charge is 0.335 e. The van der Waals surface area contributed by atoms with Crippen molar-refractivity contribution in [1.82, 2.24) is 10.2 Å². The van der Waals surface area contributed by atoms with Crippen LogP contribution < -0.4 is 5.32 Å². The van der Waals surface area contributed by atoms with E-state index in [1.165, 1.54) is 24.3 Å². The number of aromatic carboxylic acids is 1. The quantitative estimate of drug-likeness (QED) is 0.510. The van der Waals surface area contributed by atoms with Crippen molar-refractivity contribution in [3.63, 3.8) is 0 Å². The first kappa shape index (κ1) is 16.5. The summed E-state index contributed by atoms with van der Waals surface area (Å²) in [5, 5.41) is 20.1. The fourth-order valence-corrected chi connectivity index (χ4v) is 2.88. The molecule has 0 saturated heterocycles. The Morgan fingerprint density at radius 1 is 0.889 bits per heavy atom. The van der Waals surface area contributed by atoms with Crippen molar-refractivity contribution in [2.75, 3.05) is 5.32 Å². The van der Waals surface area contributed by atoms with E-state index < -0.39 is 5.97 Å². The Morgan fingerprint density at radius 3 is 2.30 bits per heavy atom. The molecule has 0 bridgehead atoms. The number of nitrogens with zero attached hydrogens (tertiary/aromatic N) is 1. The summed E-state index contributed by atoms with van der Waals surface area (Å²) in [7, 11) is 0. The summed E-state index contributed by atoms with van der Waals surface area (Å²) >= 11 is 0. The number of anilines is 1. The maximum atomic E-state index is 12.4. The van der Waals surface area contributed by atoms with Crippen LogP contribution in [-0.4, -0.2) is 27.2 Å². The first-order chi connectivity index (χ1) is 13.1. The van der Waals surface area contributed by atoms with Crippen molar-refractivity contribution in [3.8, 4) is 11.3 Å². The highest BCUT2D eigenvalue weighted by Gasteiger charge is 2.11. The molecule has 0 aliphatic rings. The largest absolute Gasteiger partial charge is 0.478 e. The Bertz CT molecular complexity index is 1130. The molecule has 0 spiro atoms. The van der Waals surface area contributed by atoms with Crippen LogP contribution in [0.15, 0.2) is 72.8 Å². The number of aromatic amines is 1. The third-order valence-electron chi connectivity index (χ3n) is 4.26. The van der Waals surface area contributed by atoms with E-state index in [-0.39, 0.29) is 11.5 Å². The Morgan fingerprint density at radius 2 is 1.59 bits per heavy atom. The predicted molar refractivity (Wildman–Crippen MR) is 103 cm³/mol. The second-order valence-electron chi connectivity index (χ2n) is 6.04. The number of hydrogen-bond acceptors (Lipinski definition) is 3. The van der Waals surface area contributed by atoms with Gasteiger partial charge >= 0.3 is 5.97 Å². The molecule has 1 amide bonds. The number of carbonyl (C=O) groups is 2. The summed E-state index contributed by atoms with van der Waals surface area (Å²) in [4.78, 5) is 23.4. The average Bonchev–Trinajstić information content (AvgIpc) is 3.12. The van der Waals surface area contributed by atoms with Crippen LogP contribution in [0.3, 0.4) is 0 Å². The molecule has 0 aliphatic heterocycles. The van der Waals surface area contributed by atoms with Crippen LogP contribution in [0.2, 0.25) is 0 Å². The number of fused-ring (bicyclic) bond motifs is 1. The number of hydrogen-bond donors (Lipinski definition) is 3. The molecular formula is C21H15N3O3. The Labute approximate surface area is 154 Å². The molecule has 0 radical (unpaired) electrons. The normalized spacial score (nSPS) is 10.7. The van der Waals surface area contributed by atoms with E-state index in [0.29, 0.717) is 11.3 Å². The van der Waals surface area contributed by atoms with Gasteiger partial charge in [0.2, 0.25) is 0 Å². The van der Waals surface area contributed by atoms with Gasteiger partial charge in [0.15, 0.2) is 0 Å². The van der Waals surface area contributed by atoms with Crippen LogP contribution in [0.25, 0.3) is 22.2 Å². The fraction of sp³-hybridized carbons (Fsp3) is 0. The Kier molecular flexibility index (Phi) is 4.14. The summed E-state index contributed by atoms with van der Waals surface area (Å²) in [6, 6.07) is 21.1. The number of amides is 1.